The summed E-state index contributed by atoms with van der Waals surface area (Å²) in [5.74, 6) is -0.506. The van der Waals surface area contributed by atoms with Crippen molar-refractivity contribution in [1.29, 1.82) is 0 Å². The van der Waals surface area contributed by atoms with Crippen LogP contribution in [0.2, 0.25) is 0 Å². The Hall–Kier alpha value is -3.69. The molecule has 1 saturated heterocycles. The highest BCUT2D eigenvalue weighted by Crippen LogP contribution is 2.24. The fourth-order valence-corrected chi connectivity index (χ4v) is 4.70. The first-order valence-corrected chi connectivity index (χ1v) is 11.4. The molecule has 33 heavy (non-hydrogen) atoms. The van der Waals surface area contributed by atoms with Crippen LogP contribution in [-0.4, -0.2) is 57.6 Å². The van der Waals surface area contributed by atoms with Gasteiger partial charge in [0.05, 0.1) is 34.4 Å². The van der Waals surface area contributed by atoms with Crippen molar-refractivity contribution >= 4 is 33.4 Å². The Morgan fingerprint density at radius 3 is 2.88 bits per heavy atom. The smallest absolute Gasteiger partial charge is 0.276 e. The molecule has 0 spiro atoms. The van der Waals surface area contributed by atoms with Crippen molar-refractivity contribution in [3.05, 3.63) is 77.2 Å². The highest BCUT2D eigenvalue weighted by Gasteiger charge is 2.33. The fraction of sp³-hybridized carbons (Fsp3) is 0.208. The van der Waals surface area contributed by atoms with Crippen molar-refractivity contribution in [2.45, 2.75) is 13.2 Å². The molecule has 1 aliphatic rings. The van der Waals surface area contributed by atoms with E-state index in [-0.39, 0.29) is 24.1 Å². The van der Waals surface area contributed by atoms with E-state index in [1.165, 1.54) is 17.5 Å². The SMILES string of the molecule is Cc1cccc(-c2nccnc2C(=O)N2CCOC2CNC(=O)c2cccc3ncsc23)c1. The van der Waals surface area contributed by atoms with Crippen LogP contribution in [0.3, 0.4) is 0 Å². The van der Waals surface area contributed by atoms with Crippen LogP contribution in [0.25, 0.3) is 21.5 Å². The van der Waals surface area contributed by atoms with E-state index in [0.29, 0.717) is 24.4 Å². The van der Waals surface area contributed by atoms with Gasteiger partial charge in [0.25, 0.3) is 11.8 Å². The van der Waals surface area contributed by atoms with E-state index in [4.69, 9.17) is 4.74 Å². The molecule has 4 aromatic rings. The van der Waals surface area contributed by atoms with Gasteiger partial charge in [-0.25, -0.2) is 9.97 Å². The van der Waals surface area contributed by atoms with Gasteiger partial charge in [-0.2, -0.15) is 0 Å². The number of fused-ring (bicyclic) bond motifs is 1. The monoisotopic (exact) mass is 459 g/mol. The van der Waals surface area contributed by atoms with Crippen LogP contribution < -0.4 is 5.32 Å². The van der Waals surface area contributed by atoms with Crippen molar-refractivity contribution in [2.24, 2.45) is 0 Å². The predicted molar refractivity (Wildman–Crippen MR) is 125 cm³/mol. The van der Waals surface area contributed by atoms with Gasteiger partial charge in [-0.05, 0) is 25.1 Å². The van der Waals surface area contributed by atoms with Crippen LogP contribution in [0.1, 0.15) is 26.4 Å². The van der Waals surface area contributed by atoms with E-state index in [9.17, 15) is 9.59 Å². The summed E-state index contributed by atoms with van der Waals surface area (Å²) >= 11 is 1.42. The van der Waals surface area contributed by atoms with Gasteiger partial charge >= 0.3 is 0 Å². The molecule has 2 amide bonds. The number of nitrogens with one attached hydrogen (secondary N) is 1. The Labute approximate surface area is 194 Å². The fourth-order valence-electron chi connectivity index (χ4n) is 3.90. The number of carbonyl (C=O) groups is 2. The molecule has 1 aliphatic heterocycles. The normalized spacial score (nSPS) is 15.7. The van der Waals surface area contributed by atoms with E-state index in [0.717, 1.165) is 21.3 Å². The zero-order valence-corrected chi connectivity index (χ0v) is 18.7. The first-order valence-electron chi connectivity index (χ1n) is 10.5. The summed E-state index contributed by atoms with van der Waals surface area (Å²) in [4.78, 5) is 40.8. The lowest BCUT2D eigenvalue weighted by atomic mass is 10.1. The van der Waals surface area contributed by atoms with Gasteiger partial charge in [-0.15, -0.1) is 11.3 Å². The van der Waals surface area contributed by atoms with Crippen LogP contribution in [0, 0.1) is 6.92 Å². The molecule has 2 aromatic heterocycles. The Morgan fingerprint density at radius 2 is 2.00 bits per heavy atom. The predicted octanol–water partition coefficient (Wildman–Crippen LogP) is 3.29. The summed E-state index contributed by atoms with van der Waals surface area (Å²) < 4.78 is 6.60. The second kappa shape index (κ2) is 9.05. The van der Waals surface area contributed by atoms with Crippen LogP contribution in [0.15, 0.2) is 60.4 Å². The molecule has 166 valence electrons. The van der Waals surface area contributed by atoms with Crippen molar-refractivity contribution in [3.63, 3.8) is 0 Å². The number of benzene rings is 2. The van der Waals surface area contributed by atoms with Crippen molar-refractivity contribution in [2.75, 3.05) is 19.7 Å². The van der Waals surface area contributed by atoms with Gasteiger partial charge < -0.3 is 15.0 Å². The van der Waals surface area contributed by atoms with Gasteiger partial charge in [0, 0.05) is 24.5 Å². The van der Waals surface area contributed by atoms with E-state index < -0.39 is 6.23 Å². The molecule has 0 saturated carbocycles. The Morgan fingerprint density at radius 1 is 1.15 bits per heavy atom. The molecular weight excluding hydrogens is 438 g/mol. The molecule has 9 heteroatoms. The molecule has 1 unspecified atom stereocenters. The number of hydrogen-bond donors (Lipinski definition) is 1. The molecular formula is C24H21N5O3S. The maximum atomic E-state index is 13.4. The third-order valence-corrected chi connectivity index (χ3v) is 6.36. The first-order chi connectivity index (χ1) is 16.1. The van der Waals surface area contributed by atoms with Crippen molar-refractivity contribution in [3.8, 4) is 11.3 Å². The zero-order valence-electron chi connectivity index (χ0n) is 17.9. The molecule has 0 aliphatic carbocycles. The number of aryl methyl sites for hydroxylation is 1. The Kier molecular flexibility index (Phi) is 5.80. The molecule has 0 radical (unpaired) electrons. The summed E-state index contributed by atoms with van der Waals surface area (Å²) in [6.45, 7) is 2.95. The lowest BCUT2D eigenvalue weighted by Gasteiger charge is -2.23. The summed E-state index contributed by atoms with van der Waals surface area (Å²) in [6, 6.07) is 13.2. The zero-order chi connectivity index (χ0) is 22.8. The van der Waals surface area contributed by atoms with Gasteiger partial charge in [-0.1, -0.05) is 29.8 Å². The largest absolute Gasteiger partial charge is 0.355 e. The molecule has 0 bridgehead atoms. The van der Waals surface area contributed by atoms with Crippen molar-refractivity contribution in [1.82, 2.24) is 25.2 Å². The highest BCUT2D eigenvalue weighted by molar-refractivity contribution is 7.17. The van der Waals surface area contributed by atoms with Crippen LogP contribution in [0.5, 0.6) is 0 Å². The topological polar surface area (TPSA) is 97.3 Å². The standard InChI is InChI=1S/C24H21N5O3S/c1-15-4-2-5-16(12-15)20-21(26-9-8-25-20)24(31)29-10-11-32-19(29)13-27-23(30)17-6-3-7-18-22(17)33-14-28-18/h2-9,12,14,19H,10-11,13H2,1H3,(H,27,30). The second-order valence-electron chi connectivity index (χ2n) is 7.66. The lowest BCUT2D eigenvalue weighted by Crippen LogP contribution is -2.44. The second-order valence-corrected chi connectivity index (χ2v) is 8.52. The van der Waals surface area contributed by atoms with Gasteiger partial charge in [-0.3, -0.25) is 14.6 Å². The quantitative estimate of drug-likeness (QED) is 0.492. The van der Waals surface area contributed by atoms with Gasteiger partial charge in [0.2, 0.25) is 0 Å². The number of carbonyl (C=O) groups excluding carboxylic acids is 2. The summed E-state index contributed by atoms with van der Waals surface area (Å²) in [5, 5.41) is 2.90. The average molecular weight is 460 g/mol. The minimum atomic E-state index is -0.588. The van der Waals surface area contributed by atoms with Crippen LogP contribution in [0.4, 0.5) is 0 Å². The first kappa shape index (κ1) is 21.2. The number of aromatic nitrogens is 3. The molecule has 5 rings (SSSR count). The third-order valence-electron chi connectivity index (χ3n) is 5.48. The van der Waals surface area contributed by atoms with E-state index in [1.54, 1.807) is 28.7 Å². The highest BCUT2D eigenvalue weighted by atomic mass is 32.1. The number of amides is 2. The number of rotatable bonds is 5. The van der Waals surface area contributed by atoms with Crippen LogP contribution in [-0.2, 0) is 4.74 Å². The number of hydrogen-bond acceptors (Lipinski definition) is 7. The molecule has 8 nitrogen and oxygen atoms in total. The molecule has 3 heterocycles. The lowest BCUT2D eigenvalue weighted by molar-refractivity contribution is 0.0276. The van der Waals surface area contributed by atoms with E-state index >= 15 is 0 Å². The maximum absolute atomic E-state index is 13.4. The third kappa shape index (κ3) is 4.20. The molecule has 1 N–H and O–H groups in total. The number of nitrogens with zero attached hydrogens (tertiary/aromatic N) is 4. The summed E-state index contributed by atoms with van der Waals surface area (Å²) in [5.41, 5.74) is 5.74. The molecule has 1 fully saturated rings. The number of ether oxygens (including phenoxy) is 1. The van der Waals surface area contributed by atoms with Crippen molar-refractivity contribution < 1.29 is 14.3 Å². The van der Waals surface area contributed by atoms with Crippen LogP contribution >= 0.6 is 11.3 Å². The average Bonchev–Trinajstić information content (AvgIpc) is 3.51. The van der Waals surface area contributed by atoms with Gasteiger partial charge in [0.15, 0.2) is 5.69 Å². The minimum Gasteiger partial charge on any atom is -0.355 e. The van der Waals surface area contributed by atoms with Gasteiger partial charge in [0.1, 0.15) is 11.9 Å². The maximum Gasteiger partial charge on any atom is 0.276 e. The Bertz CT molecular complexity index is 1340. The van der Waals surface area contributed by atoms with E-state index in [1.807, 2.05) is 37.3 Å². The van der Waals surface area contributed by atoms with E-state index in [2.05, 4.69) is 20.3 Å². The summed E-state index contributed by atoms with van der Waals surface area (Å²) in [6.07, 6.45) is 2.50. The Balaban J connectivity index is 1.34. The summed E-state index contributed by atoms with van der Waals surface area (Å²) in [7, 11) is 0. The number of thiazole rings is 1. The molecule has 1 atom stereocenters. The minimum absolute atomic E-state index is 0.166. The molecule has 2 aromatic carbocycles.